The summed E-state index contributed by atoms with van der Waals surface area (Å²) in [6.45, 7) is 8.47. The van der Waals surface area contributed by atoms with Crippen molar-refractivity contribution in [1.82, 2.24) is 15.5 Å². The average Bonchev–Trinajstić information content (AvgIpc) is 2.84. The number of carbonyl (C=O) groups excluding carboxylic acids is 1. The van der Waals surface area contributed by atoms with Crippen LogP contribution in [0, 0.1) is 11.3 Å². The molecule has 2 aromatic rings. The van der Waals surface area contributed by atoms with E-state index in [2.05, 4.69) is 16.7 Å². The van der Waals surface area contributed by atoms with Crippen LogP contribution in [0.2, 0.25) is 0 Å². The summed E-state index contributed by atoms with van der Waals surface area (Å²) < 4.78 is 11.3. The molecular weight excluding hydrogens is 432 g/mol. The maximum atomic E-state index is 12.8. The van der Waals surface area contributed by atoms with Crippen molar-refractivity contribution in [2.75, 3.05) is 33.3 Å². The van der Waals surface area contributed by atoms with Gasteiger partial charge in [0.1, 0.15) is 23.7 Å². The number of benzene rings is 2. The molecule has 0 saturated carbocycles. The summed E-state index contributed by atoms with van der Waals surface area (Å²) in [5, 5.41) is 26.7. The van der Waals surface area contributed by atoms with E-state index in [0.29, 0.717) is 30.8 Å². The predicted molar refractivity (Wildman–Crippen MR) is 130 cm³/mol. The molecule has 2 atom stereocenters. The van der Waals surface area contributed by atoms with Gasteiger partial charge in [-0.05, 0) is 63.1 Å². The van der Waals surface area contributed by atoms with Gasteiger partial charge in [0.2, 0.25) is 0 Å². The smallest absolute Gasteiger partial charge is 0.253 e. The number of nitrogens with one attached hydrogen (secondary N) is 2. The van der Waals surface area contributed by atoms with Crippen molar-refractivity contribution in [3.8, 4) is 17.6 Å². The Kier molecular flexibility index (Phi) is 8.51. The molecule has 3 rings (SSSR count). The molecule has 1 heterocycles. The molecule has 0 aromatic heterocycles. The number of amides is 1. The number of rotatable bonds is 9. The lowest BCUT2D eigenvalue weighted by Gasteiger charge is -2.34. The van der Waals surface area contributed by atoms with E-state index in [1.165, 1.54) is 0 Å². The van der Waals surface area contributed by atoms with Crippen molar-refractivity contribution in [2.24, 2.45) is 0 Å². The standard InChI is InChI=1S/C26H34N4O4/c1-18(31)24(29-26(2,3)16-19-5-8-22(33-4)9-6-19)34-23-10-7-20(15-21(23)17-27)25(32)30-13-11-28-12-14-30/h5-10,15,18,24,28-29,31H,11-14,16H2,1-4H3. The molecule has 3 N–H and O–H groups in total. The van der Waals surface area contributed by atoms with Crippen LogP contribution in [0.3, 0.4) is 0 Å². The summed E-state index contributed by atoms with van der Waals surface area (Å²) in [5.41, 5.74) is 1.39. The minimum atomic E-state index is -0.844. The van der Waals surface area contributed by atoms with E-state index < -0.39 is 17.9 Å². The lowest BCUT2D eigenvalue weighted by molar-refractivity contribution is 0.00873. The maximum absolute atomic E-state index is 12.8. The van der Waals surface area contributed by atoms with Gasteiger partial charge >= 0.3 is 0 Å². The lowest BCUT2D eigenvalue weighted by atomic mass is 9.94. The molecule has 1 saturated heterocycles. The van der Waals surface area contributed by atoms with Crippen LogP contribution in [0.4, 0.5) is 0 Å². The third-order valence-corrected chi connectivity index (χ3v) is 5.78. The Morgan fingerprint density at radius 3 is 2.50 bits per heavy atom. The minimum Gasteiger partial charge on any atom is -0.497 e. The van der Waals surface area contributed by atoms with Crippen molar-refractivity contribution in [3.63, 3.8) is 0 Å². The summed E-state index contributed by atoms with van der Waals surface area (Å²) in [4.78, 5) is 14.6. The molecular formula is C26H34N4O4. The monoisotopic (exact) mass is 466 g/mol. The van der Waals surface area contributed by atoms with Gasteiger partial charge in [-0.3, -0.25) is 10.1 Å². The lowest BCUT2D eigenvalue weighted by Crippen LogP contribution is -2.54. The normalized spacial score (nSPS) is 15.8. The molecule has 182 valence electrons. The van der Waals surface area contributed by atoms with E-state index in [-0.39, 0.29) is 11.5 Å². The van der Waals surface area contributed by atoms with Gasteiger partial charge in [-0.15, -0.1) is 0 Å². The Labute approximate surface area is 201 Å². The van der Waals surface area contributed by atoms with Crippen LogP contribution >= 0.6 is 0 Å². The van der Waals surface area contributed by atoms with Crippen LogP contribution in [-0.2, 0) is 6.42 Å². The number of aliphatic hydroxyl groups excluding tert-OH is 1. The number of nitriles is 1. The summed E-state index contributed by atoms with van der Waals surface area (Å²) in [7, 11) is 1.63. The zero-order chi connectivity index (χ0) is 24.7. The summed E-state index contributed by atoms with van der Waals surface area (Å²) in [6.07, 6.45) is -0.911. The van der Waals surface area contributed by atoms with Crippen LogP contribution in [0.1, 0.15) is 42.3 Å². The molecule has 1 aliphatic rings. The topological polar surface area (TPSA) is 107 Å². The highest BCUT2D eigenvalue weighted by Gasteiger charge is 2.28. The maximum Gasteiger partial charge on any atom is 0.253 e. The number of methoxy groups -OCH3 is 1. The SMILES string of the molecule is COc1ccc(CC(C)(C)NC(Oc2ccc(C(=O)N3CCNCC3)cc2C#N)C(C)O)cc1. The van der Waals surface area contributed by atoms with Gasteiger partial charge in [0.25, 0.3) is 5.91 Å². The zero-order valence-electron chi connectivity index (χ0n) is 20.3. The third kappa shape index (κ3) is 6.70. The van der Waals surface area contributed by atoms with Crippen molar-refractivity contribution in [2.45, 2.75) is 45.1 Å². The Bertz CT molecular complexity index is 1010. The van der Waals surface area contributed by atoms with Gasteiger partial charge in [-0.25, -0.2) is 0 Å². The second kappa shape index (κ2) is 11.3. The van der Waals surface area contributed by atoms with Crippen molar-refractivity contribution >= 4 is 5.91 Å². The van der Waals surface area contributed by atoms with E-state index in [1.54, 1.807) is 37.1 Å². The molecule has 1 fully saturated rings. The molecule has 1 amide bonds. The number of hydrogen-bond acceptors (Lipinski definition) is 7. The molecule has 0 radical (unpaired) electrons. The third-order valence-electron chi connectivity index (χ3n) is 5.78. The number of hydrogen-bond donors (Lipinski definition) is 3. The summed E-state index contributed by atoms with van der Waals surface area (Å²) in [6, 6.07) is 14.8. The second-order valence-electron chi connectivity index (χ2n) is 9.20. The van der Waals surface area contributed by atoms with Crippen molar-refractivity contribution < 1.29 is 19.4 Å². The highest BCUT2D eigenvalue weighted by molar-refractivity contribution is 5.95. The average molecular weight is 467 g/mol. The molecule has 8 heteroatoms. The van der Waals surface area contributed by atoms with E-state index in [4.69, 9.17) is 9.47 Å². The van der Waals surface area contributed by atoms with Gasteiger partial charge in [0.15, 0.2) is 6.23 Å². The highest BCUT2D eigenvalue weighted by atomic mass is 16.5. The van der Waals surface area contributed by atoms with Crippen LogP contribution in [0.5, 0.6) is 11.5 Å². The van der Waals surface area contributed by atoms with Crippen molar-refractivity contribution in [3.05, 3.63) is 59.2 Å². The van der Waals surface area contributed by atoms with Crippen LogP contribution in [-0.4, -0.2) is 67.1 Å². The predicted octanol–water partition coefficient (Wildman–Crippen LogP) is 2.31. The highest BCUT2D eigenvalue weighted by Crippen LogP contribution is 2.24. The first kappa shape index (κ1) is 25.5. The first-order valence-corrected chi connectivity index (χ1v) is 11.5. The quantitative estimate of drug-likeness (QED) is 0.487. The Balaban J connectivity index is 1.72. The molecule has 0 spiro atoms. The van der Waals surface area contributed by atoms with Crippen LogP contribution in [0.25, 0.3) is 0 Å². The second-order valence-corrected chi connectivity index (χ2v) is 9.20. The Morgan fingerprint density at radius 2 is 1.91 bits per heavy atom. The Hall–Kier alpha value is -3.12. The minimum absolute atomic E-state index is 0.102. The molecule has 8 nitrogen and oxygen atoms in total. The van der Waals surface area contributed by atoms with E-state index >= 15 is 0 Å². The molecule has 2 aromatic carbocycles. The first-order chi connectivity index (χ1) is 16.2. The number of carbonyl (C=O) groups is 1. The first-order valence-electron chi connectivity index (χ1n) is 11.5. The fraction of sp³-hybridized carbons (Fsp3) is 0.462. The van der Waals surface area contributed by atoms with Gasteiger partial charge in [0.05, 0.1) is 12.7 Å². The van der Waals surface area contributed by atoms with Gasteiger partial charge in [-0.1, -0.05) is 12.1 Å². The van der Waals surface area contributed by atoms with Gasteiger partial charge in [-0.2, -0.15) is 5.26 Å². The number of ether oxygens (including phenoxy) is 2. The van der Waals surface area contributed by atoms with E-state index in [1.807, 2.05) is 38.1 Å². The zero-order valence-corrected chi connectivity index (χ0v) is 20.3. The molecule has 0 aliphatic carbocycles. The van der Waals surface area contributed by atoms with E-state index in [9.17, 15) is 15.2 Å². The summed E-state index contributed by atoms with van der Waals surface area (Å²) >= 11 is 0. The van der Waals surface area contributed by atoms with Gasteiger partial charge < -0.3 is 24.8 Å². The number of piperazine rings is 1. The Morgan fingerprint density at radius 1 is 1.24 bits per heavy atom. The molecule has 34 heavy (non-hydrogen) atoms. The van der Waals surface area contributed by atoms with E-state index in [0.717, 1.165) is 24.4 Å². The fourth-order valence-corrected chi connectivity index (χ4v) is 3.98. The van der Waals surface area contributed by atoms with Crippen molar-refractivity contribution in [1.29, 1.82) is 5.26 Å². The number of nitrogens with zero attached hydrogens (tertiary/aromatic N) is 2. The summed E-state index contributed by atoms with van der Waals surface area (Å²) in [5.74, 6) is 1.01. The van der Waals surface area contributed by atoms with Crippen LogP contribution in [0.15, 0.2) is 42.5 Å². The van der Waals surface area contributed by atoms with Crippen LogP contribution < -0.4 is 20.1 Å². The number of aliphatic hydroxyl groups is 1. The molecule has 0 bridgehead atoms. The molecule has 1 aliphatic heterocycles. The molecule has 2 unspecified atom stereocenters. The van der Waals surface area contributed by atoms with Gasteiger partial charge in [0, 0.05) is 37.3 Å². The fourth-order valence-electron chi connectivity index (χ4n) is 3.98. The largest absolute Gasteiger partial charge is 0.497 e.